The first-order valence-electron chi connectivity index (χ1n) is 8.46. The van der Waals surface area contributed by atoms with E-state index in [2.05, 4.69) is 15.4 Å². The summed E-state index contributed by atoms with van der Waals surface area (Å²) in [7, 11) is 0. The van der Waals surface area contributed by atoms with Gasteiger partial charge in [0.25, 0.3) is 5.91 Å². The standard InChI is InChI=1S/C17H23F2N5O/c1-17(2,3)24-13(10-12(22-24)11-4-5-11)15(25)21-7-6-14-20-8-9-23(14)16(18)19/h8-11,16H,4-7H2,1-3H3,(H,21,25). The quantitative estimate of drug-likeness (QED) is 0.870. The fourth-order valence-corrected chi connectivity index (χ4v) is 2.74. The van der Waals surface area contributed by atoms with Crippen molar-refractivity contribution in [2.45, 2.75) is 58.0 Å². The van der Waals surface area contributed by atoms with Crippen LogP contribution in [0.1, 0.15) is 68.1 Å². The Morgan fingerprint density at radius 3 is 2.72 bits per heavy atom. The average molecular weight is 351 g/mol. The molecule has 8 heteroatoms. The maximum atomic E-state index is 12.8. The molecular weight excluding hydrogens is 328 g/mol. The Morgan fingerprint density at radius 1 is 1.40 bits per heavy atom. The molecule has 0 unspecified atom stereocenters. The molecule has 2 heterocycles. The lowest BCUT2D eigenvalue weighted by Gasteiger charge is -2.22. The molecule has 1 aliphatic carbocycles. The van der Waals surface area contributed by atoms with Gasteiger partial charge in [0.2, 0.25) is 0 Å². The molecule has 1 N–H and O–H groups in total. The second kappa shape index (κ2) is 6.57. The maximum Gasteiger partial charge on any atom is 0.319 e. The van der Waals surface area contributed by atoms with Gasteiger partial charge in [-0.2, -0.15) is 13.9 Å². The van der Waals surface area contributed by atoms with Gasteiger partial charge in [-0.3, -0.25) is 14.0 Å². The van der Waals surface area contributed by atoms with Crippen LogP contribution in [-0.2, 0) is 12.0 Å². The van der Waals surface area contributed by atoms with Crippen molar-refractivity contribution in [1.82, 2.24) is 24.6 Å². The molecule has 1 fully saturated rings. The third-order valence-electron chi connectivity index (χ3n) is 4.19. The molecule has 2 aromatic rings. The summed E-state index contributed by atoms with van der Waals surface area (Å²) in [6.45, 7) is 3.58. The van der Waals surface area contributed by atoms with E-state index in [9.17, 15) is 13.6 Å². The Labute approximate surface area is 145 Å². The fourth-order valence-electron chi connectivity index (χ4n) is 2.74. The van der Waals surface area contributed by atoms with Gasteiger partial charge in [0, 0.05) is 31.3 Å². The third-order valence-corrected chi connectivity index (χ3v) is 4.19. The number of alkyl halides is 2. The summed E-state index contributed by atoms with van der Waals surface area (Å²) >= 11 is 0. The third kappa shape index (κ3) is 3.88. The summed E-state index contributed by atoms with van der Waals surface area (Å²) in [4.78, 5) is 16.5. The van der Waals surface area contributed by atoms with E-state index in [0.29, 0.717) is 11.6 Å². The molecule has 1 saturated carbocycles. The lowest BCUT2D eigenvalue weighted by Crippen LogP contribution is -2.33. The molecule has 2 aromatic heterocycles. The van der Waals surface area contributed by atoms with E-state index in [0.717, 1.165) is 23.1 Å². The summed E-state index contributed by atoms with van der Waals surface area (Å²) in [6.07, 6.45) is 5.03. The highest BCUT2D eigenvalue weighted by Crippen LogP contribution is 2.40. The number of halogens is 2. The fraction of sp³-hybridized carbons (Fsp3) is 0.588. The number of nitrogens with zero attached hydrogens (tertiary/aromatic N) is 4. The first-order chi connectivity index (χ1) is 11.8. The largest absolute Gasteiger partial charge is 0.350 e. The number of imidazole rings is 1. The molecule has 0 bridgehead atoms. The molecule has 25 heavy (non-hydrogen) atoms. The van der Waals surface area contributed by atoms with Gasteiger partial charge in [0.1, 0.15) is 11.5 Å². The van der Waals surface area contributed by atoms with E-state index in [1.165, 1.54) is 12.4 Å². The average Bonchev–Trinajstić information content (AvgIpc) is 3.09. The summed E-state index contributed by atoms with van der Waals surface area (Å²) in [6, 6.07) is 1.85. The summed E-state index contributed by atoms with van der Waals surface area (Å²) in [5, 5.41) is 7.39. The summed E-state index contributed by atoms with van der Waals surface area (Å²) in [5.74, 6) is 0.455. The van der Waals surface area contributed by atoms with E-state index in [1.807, 2.05) is 26.8 Å². The van der Waals surface area contributed by atoms with Gasteiger partial charge < -0.3 is 5.32 Å². The van der Waals surface area contributed by atoms with Crippen molar-refractivity contribution in [2.24, 2.45) is 0 Å². The lowest BCUT2D eigenvalue weighted by molar-refractivity contribution is 0.0670. The Balaban J connectivity index is 1.68. The number of carbonyl (C=O) groups excluding carboxylic acids is 1. The van der Waals surface area contributed by atoms with Gasteiger partial charge in [0.05, 0.1) is 11.2 Å². The first kappa shape index (κ1) is 17.6. The van der Waals surface area contributed by atoms with Crippen LogP contribution >= 0.6 is 0 Å². The molecule has 0 aliphatic heterocycles. The zero-order chi connectivity index (χ0) is 18.2. The second-order valence-electron chi connectivity index (χ2n) is 7.35. The van der Waals surface area contributed by atoms with E-state index >= 15 is 0 Å². The Morgan fingerprint density at radius 2 is 2.12 bits per heavy atom. The van der Waals surface area contributed by atoms with Crippen LogP contribution in [0.5, 0.6) is 0 Å². The van der Waals surface area contributed by atoms with Crippen LogP contribution in [0.4, 0.5) is 8.78 Å². The number of rotatable bonds is 6. The van der Waals surface area contributed by atoms with Crippen LogP contribution in [-0.4, -0.2) is 31.8 Å². The zero-order valence-corrected chi connectivity index (χ0v) is 14.7. The molecule has 0 aromatic carbocycles. The van der Waals surface area contributed by atoms with Crippen molar-refractivity contribution in [3.8, 4) is 0 Å². The number of aromatic nitrogens is 4. The summed E-state index contributed by atoms with van der Waals surface area (Å²) < 4.78 is 28.2. The van der Waals surface area contributed by atoms with Crippen LogP contribution in [0.15, 0.2) is 18.5 Å². The van der Waals surface area contributed by atoms with E-state index in [1.54, 1.807) is 4.68 Å². The first-order valence-corrected chi connectivity index (χ1v) is 8.46. The van der Waals surface area contributed by atoms with Crippen molar-refractivity contribution < 1.29 is 13.6 Å². The minimum absolute atomic E-state index is 0.233. The molecule has 136 valence electrons. The van der Waals surface area contributed by atoms with Crippen LogP contribution in [0.2, 0.25) is 0 Å². The smallest absolute Gasteiger partial charge is 0.319 e. The molecule has 0 spiro atoms. The van der Waals surface area contributed by atoms with Crippen molar-refractivity contribution in [3.05, 3.63) is 35.7 Å². The number of amides is 1. The Bertz CT molecular complexity index is 755. The van der Waals surface area contributed by atoms with Gasteiger partial charge in [-0.05, 0) is 39.7 Å². The second-order valence-corrected chi connectivity index (χ2v) is 7.35. The number of hydrogen-bond acceptors (Lipinski definition) is 3. The number of hydrogen-bond donors (Lipinski definition) is 1. The highest BCUT2D eigenvalue weighted by Gasteiger charge is 2.31. The predicted molar refractivity (Wildman–Crippen MR) is 88.7 cm³/mol. The minimum atomic E-state index is -2.63. The molecule has 0 atom stereocenters. The van der Waals surface area contributed by atoms with E-state index in [-0.39, 0.29) is 30.2 Å². The van der Waals surface area contributed by atoms with Gasteiger partial charge in [-0.15, -0.1) is 0 Å². The maximum absolute atomic E-state index is 12.8. The molecule has 1 amide bonds. The molecule has 0 saturated heterocycles. The predicted octanol–water partition coefficient (Wildman–Crippen LogP) is 3.08. The van der Waals surface area contributed by atoms with Gasteiger partial charge >= 0.3 is 6.55 Å². The monoisotopic (exact) mass is 351 g/mol. The van der Waals surface area contributed by atoms with Gasteiger partial charge in [-0.1, -0.05) is 0 Å². The molecular formula is C17H23F2N5O. The zero-order valence-electron chi connectivity index (χ0n) is 14.7. The SMILES string of the molecule is CC(C)(C)n1nc(C2CC2)cc1C(=O)NCCc1nccn1C(F)F. The van der Waals surface area contributed by atoms with Crippen LogP contribution in [0.3, 0.4) is 0 Å². The lowest BCUT2D eigenvalue weighted by atomic mass is 10.1. The van der Waals surface area contributed by atoms with Crippen molar-refractivity contribution in [1.29, 1.82) is 0 Å². The minimum Gasteiger partial charge on any atom is -0.350 e. The van der Waals surface area contributed by atoms with Crippen LogP contribution < -0.4 is 5.32 Å². The van der Waals surface area contributed by atoms with Crippen LogP contribution in [0.25, 0.3) is 0 Å². The molecule has 1 aliphatic rings. The summed E-state index contributed by atoms with van der Waals surface area (Å²) in [5.41, 5.74) is 1.14. The van der Waals surface area contributed by atoms with Crippen molar-refractivity contribution in [3.63, 3.8) is 0 Å². The molecule has 0 radical (unpaired) electrons. The Kier molecular flexibility index (Phi) is 4.62. The number of nitrogens with one attached hydrogen (secondary N) is 1. The van der Waals surface area contributed by atoms with Gasteiger partial charge in [0.15, 0.2) is 0 Å². The molecule has 3 rings (SSSR count). The van der Waals surface area contributed by atoms with Crippen molar-refractivity contribution >= 4 is 5.91 Å². The molecule has 6 nitrogen and oxygen atoms in total. The normalized spacial score (nSPS) is 15.0. The number of carbonyl (C=O) groups is 1. The topological polar surface area (TPSA) is 64.7 Å². The van der Waals surface area contributed by atoms with Crippen molar-refractivity contribution in [2.75, 3.05) is 6.54 Å². The van der Waals surface area contributed by atoms with Gasteiger partial charge in [-0.25, -0.2) is 4.98 Å². The van der Waals surface area contributed by atoms with Crippen LogP contribution in [0, 0.1) is 0 Å². The van der Waals surface area contributed by atoms with E-state index < -0.39 is 6.55 Å². The highest BCUT2D eigenvalue weighted by atomic mass is 19.3. The highest BCUT2D eigenvalue weighted by molar-refractivity contribution is 5.92. The van der Waals surface area contributed by atoms with E-state index in [4.69, 9.17) is 0 Å². The Hall–Kier alpha value is -2.25.